The Kier molecular flexibility index (Phi) is 7.16. The maximum absolute atomic E-state index is 5.53. The molecule has 0 aliphatic carbocycles. The van der Waals surface area contributed by atoms with E-state index in [1.807, 2.05) is 11.8 Å². The predicted molar refractivity (Wildman–Crippen MR) is 46.6 cm³/mol. The molecule has 0 rings (SSSR count). The summed E-state index contributed by atoms with van der Waals surface area (Å²) in [4.78, 5) is 2.24. The van der Waals surface area contributed by atoms with Gasteiger partial charge in [-0.3, -0.25) is 0 Å². The monoisotopic (exact) mass is 167 g/mol. The van der Waals surface area contributed by atoms with Crippen LogP contribution in [0, 0.1) is 0 Å². The zero-order valence-electron chi connectivity index (χ0n) is 6.06. The molecule has 0 aliphatic rings. The third-order valence-electron chi connectivity index (χ3n) is 1.14. The van der Waals surface area contributed by atoms with Gasteiger partial charge in [-0.15, -0.1) is 11.6 Å². The van der Waals surface area contributed by atoms with Gasteiger partial charge < -0.3 is 4.90 Å². The first-order chi connectivity index (χ1) is 4.31. The minimum Gasteiger partial charge on any atom is -0.304 e. The Bertz CT molecular complexity index is 61.0. The van der Waals surface area contributed by atoms with Crippen LogP contribution in [0.1, 0.15) is 0 Å². The lowest BCUT2D eigenvalue weighted by atomic mass is 10.6. The highest BCUT2D eigenvalue weighted by Crippen LogP contribution is 1.92. The van der Waals surface area contributed by atoms with Crippen LogP contribution in [0.2, 0.25) is 0 Å². The molecule has 0 aromatic carbocycles. The lowest BCUT2D eigenvalue weighted by Crippen LogP contribution is -2.23. The number of thioether (sulfide) groups is 1. The summed E-state index contributed by atoms with van der Waals surface area (Å²) in [7, 11) is 2.10. The Morgan fingerprint density at radius 2 is 2.11 bits per heavy atom. The van der Waals surface area contributed by atoms with E-state index in [0.29, 0.717) is 0 Å². The molecule has 0 atom stereocenters. The number of hydrogen-bond donors (Lipinski definition) is 0. The van der Waals surface area contributed by atoms with Crippen LogP contribution in [0.15, 0.2) is 0 Å². The third kappa shape index (κ3) is 6.49. The summed E-state index contributed by atoms with van der Waals surface area (Å²) < 4.78 is 0. The molecule has 0 aromatic rings. The van der Waals surface area contributed by atoms with Crippen molar-refractivity contribution in [2.75, 3.05) is 38.0 Å². The van der Waals surface area contributed by atoms with Gasteiger partial charge in [-0.25, -0.2) is 0 Å². The Labute approximate surface area is 66.8 Å². The van der Waals surface area contributed by atoms with Crippen LogP contribution >= 0.6 is 23.4 Å². The van der Waals surface area contributed by atoms with Crippen molar-refractivity contribution >= 4 is 23.4 Å². The Morgan fingerprint density at radius 1 is 1.44 bits per heavy atom. The first-order valence-electron chi connectivity index (χ1n) is 3.04. The summed E-state index contributed by atoms with van der Waals surface area (Å²) in [5, 5.41) is 0. The van der Waals surface area contributed by atoms with Crippen molar-refractivity contribution in [1.82, 2.24) is 4.90 Å². The lowest BCUT2D eigenvalue weighted by molar-refractivity contribution is 0.379. The Hall–Kier alpha value is 0.600. The SMILES string of the molecule is CSCCN(C)CCCl. The lowest BCUT2D eigenvalue weighted by Gasteiger charge is -2.12. The number of rotatable bonds is 5. The molecule has 0 bridgehead atoms. The summed E-state index contributed by atoms with van der Waals surface area (Å²) in [6.45, 7) is 2.15. The van der Waals surface area contributed by atoms with Gasteiger partial charge in [0, 0.05) is 24.7 Å². The zero-order chi connectivity index (χ0) is 7.11. The second-order valence-electron chi connectivity index (χ2n) is 1.99. The van der Waals surface area contributed by atoms with Gasteiger partial charge >= 0.3 is 0 Å². The number of halogens is 1. The largest absolute Gasteiger partial charge is 0.304 e. The highest BCUT2D eigenvalue weighted by molar-refractivity contribution is 7.98. The molecule has 9 heavy (non-hydrogen) atoms. The third-order valence-corrected chi connectivity index (χ3v) is 1.90. The average Bonchev–Trinajstić information content (AvgIpc) is 1.85. The first kappa shape index (κ1) is 9.60. The molecular weight excluding hydrogens is 154 g/mol. The van der Waals surface area contributed by atoms with Crippen LogP contribution in [0.4, 0.5) is 0 Å². The average molecular weight is 168 g/mol. The molecular formula is C6H14ClNS. The molecule has 0 unspecified atom stereocenters. The van der Waals surface area contributed by atoms with Gasteiger partial charge in [-0.05, 0) is 13.3 Å². The van der Waals surface area contributed by atoms with Crippen LogP contribution in [0.25, 0.3) is 0 Å². The minimum atomic E-state index is 0.741. The first-order valence-corrected chi connectivity index (χ1v) is 4.97. The van der Waals surface area contributed by atoms with Crippen molar-refractivity contribution in [2.24, 2.45) is 0 Å². The molecule has 0 aliphatic heterocycles. The Balaban J connectivity index is 2.95. The maximum Gasteiger partial charge on any atom is 0.0351 e. The molecule has 56 valence electrons. The van der Waals surface area contributed by atoms with Crippen molar-refractivity contribution in [3.05, 3.63) is 0 Å². The maximum atomic E-state index is 5.53. The summed E-state index contributed by atoms with van der Waals surface area (Å²) in [5.41, 5.74) is 0. The van der Waals surface area contributed by atoms with Crippen molar-refractivity contribution in [1.29, 1.82) is 0 Å². The number of hydrogen-bond acceptors (Lipinski definition) is 2. The summed E-state index contributed by atoms with van der Waals surface area (Å²) >= 11 is 7.40. The van der Waals surface area contributed by atoms with Crippen LogP contribution in [-0.2, 0) is 0 Å². The molecule has 1 nitrogen and oxygen atoms in total. The van der Waals surface area contributed by atoms with E-state index in [4.69, 9.17) is 11.6 Å². The molecule has 0 aromatic heterocycles. The van der Waals surface area contributed by atoms with E-state index in [2.05, 4.69) is 18.2 Å². The highest BCUT2D eigenvalue weighted by Gasteiger charge is 1.93. The minimum absolute atomic E-state index is 0.741. The van der Waals surface area contributed by atoms with Gasteiger partial charge in [0.25, 0.3) is 0 Å². The normalized spacial score (nSPS) is 10.7. The van der Waals surface area contributed by atoms with Crippen molar-refractivity contribution < 1.29 is 0 Å². The van der Waals surface area contributed by atoms with Crippen LogP contribution in [0.5, 0.6) is 0 Å². The highest BCUT2D eigenvalue weighted by atomic mass is 35.5. The fourth-order valence-corrected chi connectivity index (χ4v) is 1.29. The summed E-state index contributed by atoms with van der Waals surface area (Å²) in [6.07, 6.45) is 2.12. The molecule has 0 spiro atoms. The fraction of sp³-hybridized carbons (Fsp3) is 1.00. The van der Waals surface area contributed by atoms with Crippen molar-refractivity contribution in [3.63, 3.8) is 0 Å². The van der Waals surface area contributed by atoms with E-state index in [9.17, 15) is 0 Å². The Morgan fingerprint density at radius 3 is 2.56 bits per heavy atom. The van der Waals surface area contributed by atoms with E-state index in [0.717, 1.165) is 19.0 Å². The summed E-state index contributed by atoms with van der Waals surface area (Å²) in [5.74, 6) is 1.94. The second-order valence-corrected chi connectivity index (χ2v) is 3.35. The van der Waals surface area contributed by atoms with Crippen LogP contribution in [-0.4, -0.2) is 42.9 Å². The predicted octanol–water partition coefficient (Wildman–Crippen LogP) is 1.52. The van der Waals surface area contributed by atoms with Gasteiger partial charge in [0.15, 0.2) is 0 Å². The van der Waals surface area contributed by atoms with E-state index >= 15 is 0 Å². The quantitative estimate of drug-likeness (QED) is 0.572. The number of nitrogens with zero attached hydrogens (tertiary/aromatic N) is 1. The van der Waals surface area contributed by atoms with E-state index < -0.39 is 0 Å². The van der Waals surface area contributed by atoms with Crippen LogP contribution < -0.4 is 0 Å². The molecule has 0 saturated carbocycles. The molecule has 0 N–H and O–H groups in total. The van der Waals surface area contributed by atoms with Gasteiger partial charge in [-0.1, -0.05) is 0 Å². The summed E-state index contributed by atoms with van der Waals surface area (Å²) in [6, 6.07) is 0. The van der Waals surface area contributed by atoms with Gasteiger partial charge in [-0.2, -0.15) is 11.8 Å². The molecule has 0 amide bonds. The molecule has 3 heteroatoms. The van der Waals surface area contributed by atoms with Gasteiger partial charge in [0.1, 0.15) is 0 Å². The smallest absolute Gasteiger partial charge is 0.0351 e. The molecule has 0 radical (unpaired) electrons. The fourth-order valence-electron chi connectivity index (χ4n) is 0.503. The second kappa shape index (κ2) is 6.72. The van der Waals surface area contributed by atoms with E-state index in [1.165, 1.54) is 5.75 Å². The molecule has 0 fully saturated rings. The van der Waals surface area contributed by atoms with Crippen LogP contribution in [0.3, 0.4) is 0 Å². The van der Waals surface area contributed by atoms with E-state index in [1.54, 1.807) is 0 Å². The number of alkyl halides is 1. The standard InChI is InChI=1S/C6H14ClNS/c1-8(4-3-7)5-6-9-2/h3-6H2,1-2H3. The van der Waals surface area contributed by atoms with Crippen molar-refractivity contribution in [2.45, 2.75) is 0 Å². The van der Waals surface area contributed by atoms with Gasteiger partial charge in [0.05, 0.1) is 0 Å². The van der Waals surface area contributed by atoms with Gasteiger partial charge in [0.2, 0.25) is 0 Å². The topological polar surface area (TPSA) is 3.24 Å². The zero-order valence-corrected chi connectivity index (χ0v) is 7.63. The molecule has 0 heterocycles. The van der Waals surface area contributed by atoms with Crippen molar-refractivity contribution in [3.8, 4) is 0 Å². The van der Waals surface area contributed by atoms with E-state index in [-0.39, 0.29) is 0 Å². The molecule has 0 saturated heterocycles.